The van der Waals surface area contributed by atoms with Crippen LogP contribution in [0.25, 0.3) is 21.9 Å². The van der Waals surface area contributed by atoms with Gasteiger partial charge < -0.3 is 19.9 Å². The maximum atomic E-state index is 7.63. The summed E-state index contributed by atoms with van der Waals surface area (Å²) >= 11 is 0. The smallest absolute Gasteiger partial charge is 0.122 e. The van der Waals surface area contributed by atoms with Gasteiger partial charge in [-0.3, -0.25) is 15.3 Å². The molecule has 8 nitrogen and oxygen atoms in total. The van der Waals surface area contributed by atoms with Crippen LogP contribution in [0.5, 0.6) is 0 Å². The van der Waals surface area contributed by atoms with Crippen molar-refractivity contribution in [1.82, 2.24) is 19.4 Å². The number of morpholine rings is 1. The first-order chi connectivity index (χ1) is 19.1. The van der Waals surface area contributed by atoms with Crippen molar-refractivity contribution in [3.63, 3.8) is 0 Å². The molecular weight excluding hydrogens is 522 g/mol. The molecule has 0 bridgehead atoms. The van der Waals surface area contributed by atoms with Crippen LogP contribution in [0, 0.1) is 5.41 Å². The Morgan fingerprint density at radius 3 is 2.58 bits per heavy atom. The number of nitrogens with two attached hydrogens (primary N) is 1. The van der Waals surface area contributed by atoms with Crippen molar-refractivity contribution < 1.29 is 4.74 Å². The Labute approximate surface area is 240 Å². The Morgan fingerprint density at radius 2 is 1.80 bits per heavy atom. The minimum absolute atomic E-state index is 0. The highest BCUT2D eigenvalue weighted by molar-refractivity contribution is 5.95. The minimum atomic E-state index is 0. The number of fused-ring (bicyclic) bond motifs is 2. The van der Waals surface area contributed by atoms with Gasteiger partial charge in [0.2, 0.25) is 0 Å². The van der Waals surface area contributed by atoms with Crippen LogP contribution < -0.4 is 10.6 Å². The highest BCUT2D eigenvalue weighted by atomic mass is 35.5. The van der Waals surface area contributed by atoms with Gasteiger partial charge in [-0.15, -0.1) is 12.4 Å². The van der Waals surface area contributed by atoms with Crippen LogP contribution >= 0.6 is 12.4 Å². The van der Waals surface area contributed by atoms with Crippen LogP contribution in [-0.2, 0) is 18.2 Å². The van der Waals surface area contributed by atoms with E-state index in [0.29, 0.717) is 6.42 Å². The first-order valence-electron chi connectivity index (χ1n) is 13.4. The van der Waals surface area contributed by atoms with Gasteiger partial charge in [0.25, 0.3) is 0 Å². The van der Waals surface area contributed by atoms with Crippen LogP contribution in [0.1, 0.15) is 17.0 Å². The number of nitrogens with zero attached hydrogens (tertiary/aromatic N) is 5. The number of imidazole rings is 1. The molecule has 1 saturated heterocycles. The summed E-state index contributed by atoms with van der Waals surface area (Å²) < 4.78 is 7.73. The summed E-state index contributed by atoms with van der Waals surface area (Å²) in [7, 11) is 2.07. The average molecular weight is 556 g/mol. The Balaban J connectivity index is 0.00000323. The number of amidine groups is 1. The highest BCUT2D eigenvalue weighted by Crippen LogP contribution is 2.33. The number of aryl methyl sites for hydroxylation is 1. The number of pyridine rings is 1. The predicted molar refractivity (Wildman–Crippen MR) is 164 cm³/mol. The molecule has 1 aliphatic rings. The standard InChI is InChI=1S/C31H33N7O.ClH/c1-36-27-12-11-25(21-26(27)35-29(36)20-22-7-9-24(10-8-22)31(32)33)38(15-14-37-16-18-39-19-17-37)28-6-2-4-23-5-3-13-34-30(23)28;/h2-13,21H,14-20H2,1H3,(H3,32,33);1H. The van der Waals surface area contributed by atoms with Gasteiger partial charge in [-0.2, -0.15) is 0 Å². The molecule has 2 aromatic heterocycles. The van der Waals surface area contributed by atoms with Gasteiger partial charge in [0.1, 0.15) is 11.7 Å². The van der Waals surface area contributed by atoms with E-state index in [-0.39, 0.29) is 18.2 Å². The molecule has 40 heavy (non-hydrogen) atoms. The second-order valence-electron chi connectivity index (χ2n) is 10.0. The zero-order valence-electron chi connectivity index (χ0n) is 22.6. The molecular formula is C31H34ClN7O. The lowest BCUT2D eigenvalue weighted by atomic mass is 10.1. The minimum Gasteiger partial charge on any atom is -0.384 e. The van der Waals surface area contributed by atoms with Crippen molar-refractivity contribution in [2.45, 2.75) is 6.42 Å². The summed E-state index contributed by atoms with van der Waals surface area (Å²) in [5, 5.41) is 8.76. The molecule has 1 fully saturated rings. The van der Waals surface area contributed by atoms with Crippen molar-refractivity contribution in [2.75, 3.05) is 44.3 Å². The van der Waals surface area contributed by atoms with E-state index in [1.54, 1.807) is 0 Å². The Bertz CT molecular complexity index is 1620. The topological polar surface area (TPSA) is 96.3 Å². The summed E-state index contributed by atoms with van der Waals surface area (Å²) in [5.74, 6) is 1.07. The fourth-order valence-corrected chi connectivity index (χ4v) is 5.31. The van der Waals surface area contributed by atoms with E-state index in [9.17, 15) is 0 Å². The van der Waals surface area contributed by atoms with E-state index < -0.39 is 0 Å². The van der Waals surface area contributed by atoms with Gasteiger partial charge in [0.05, 0.1) is 35.5 Å². The monoisotopic (exact) mass is 555 g/mol. The summed E-state index contributed by atoms with van der Waals surface area (Å²) in [5.41, 5.74) is 12.7. The number of aromatic nitrogens is 3. The van der Waals surface area contributed by atoms with E-state index in [0.717, 1.165) is 89.7 Å². The molecule has 3 aromatic carbocycles. The molecule has 3 N–H and O–H groups in total. The number of benzene rings is 3. The molecule has 0 amide bonds. The molecule has 9 heteroatoms. The van der Waals surface area contributed by atoms with Crippen molar-refractivity contribution in [3.8, 4) is 0 Å². The highest BCUT2D eigenvalue weighted by Gasteiger charge is 2.18. The summed E-state index contributed by atoms with van der Waals surface area (Å²) in [4.78, 5) is 14.6. The lowest BCUT2D eigenvalue weighted by Crippen LogP contribution is -2.40. The zero-order valence-corrected chi connectivity index (χ0v) is 23.4. The predicted octanol–water partition coefficient (Wildman–Crippen LogP) is 4.89. The largest absolute Gasteiger partial charge is 0.384 e. The van der Waals surface area contributed by atoms with E-state index in [1.165, 1.54) is 0 Å². The second-order valence-corrected chi connectivity index (χ2v) is 10.0. The summed E-state index contributed by atoms with van der Waals surface area (Å²) in [6, 6.07) is 24.8. The third kappa shape index (κ3) is 5.65. The third-order valence-corrected chi connectivity index (χ3v) is 7.54. The SMILES string of the molecule is Cl.Cn1c(Cc2ccc(C(=N)N)cc2)nc2cc(N(CCN3CCOCC3)c3cccc4cccnc34)ccc21. The van der Waals surface area contributed by atoms with Gasteiger partial charge in [0.15, 0.2) is 0 Å². The van der Waals surface area contributed by atoms with Crippen molar-refractivity contribution >= 4 is 51.6 Å². The Morgan fingerprint density at radius 1 is 1.02 bits per heavy atom. The molecule has 1 aliphatic heterocycles. The molecule has 0 spiro atoms. The number of nitrogen functional groups attached to an aromatic ring is 1. The van der Waals surface area contributed by atoms with E-state index in [4.69, 9.17) is 25.8 Å². The summed E-state index contributed by atoms with van der Waals surface area (Å²) in [6.07, 6.45) is 2.57. The number of rotatable bonds is 8. The van der Waals surface area contributed by atoms with Gasteiger partial charge in [-0.25, -0.2) is 4.98 Å². The molecule has 3 heterocycles. The maximum Gasteiger partial charge on any atom is 0.122 e. The van der Waals surface area contributed by atoms with E-state index >= 15 is 0 Å². The number of halogens is 1. The molecule has 0 saturated carbocycles. The van der Waals surface area contributed by atoms with Gasteiger partial charge in [0, 0.05) is 62.5 Å². The average Bonchev–Trinajstić information content (AvgIpc) is 3.28. The van der Waals surface area contributed by atoms with Crippen LogP contribution in [0.4, 0.5) is 11.4 Å². The molecule has 0 aliphatic carbocycles. The van der Waals surface area contributed by atoms with E-state index in [2.05, 4.69) is 63.9 Å². The van der Waals surface area contributed by atoms with Crippen molar-refractivity contribution in [2.24, 2.45) is 12.8 Å². The molecule has 0 atom stereocenters. The van der Waals surface area contributed by atoms with Crippen LogP contribution in [-0.4, -0.2) is 64.7 Å². The van der Waals surface area contributed by atoms with Crippen molar-refractivity contribution in [1.29, 1.82) is 5.41 Å². The van der Waals surface area contributed by atoms with Crippen LogP contribution in [0.3, 0.4) is 0 Å². The molecule has 0 unspecified atom stereocenters. The number of anilines is 2. The third-order valence-electron chi connectivity index (χ3n) is 7.54. The van der Waals surface area contributed by atoms with Crippen molar-refractivity contribution in [3.05, 3.63) is 95.9 Å². The van der Waals surface area contributed by atoms with Crippen LogP contribution in [0.15, 0.2) is 79.0 Å². The number of hydrogen-bond donors (Lipinski definition) is 2. The number of nitrogens with one attached hydrogen (secondary N) is 1. The fraction of sp³-hybridized carbons (Fsp3) is 0.258. The van der Waals surface area contributed by atoms with Crippen LogP contribution in [0.2, 0.25) is 0 Å². The number of para-hydroxylation sites is 1. The van der Waals surface area contributed by atoms with E-state index in [1.807, 2.05) is 36.5 Å². The fourth-order valence-electron chi connectivity index (χ4n) is 5.31. The Kier molecular flexibility index (Phi) is 8.30. The first-order valence-corrected chi connectivity index (χ1v) is 13.4. The lowest BCUT2D eigenvalue weighted by Gasteiger charge is -2.31. The van der Waals surface area contributed by atoms with Gasteiger partial charge in [-0.1, -0.05) is 42.5 Å². The number of ether oxygens (including phenoxy) is 1. The zero-order chi connectivity index (χ0) is 26.8. The molecule has 206 valence electrons. The molecule has 0 radical (unpaired) electrons. The molecule has 6 rings (SSSR count). The Hall–Kier alpha value is -3.98. The van der Waals surface area contributed by atoms with Gasteiger partial charge in [-0.05, 0) is 35.9 Å². The quantitative estimate of drug-likeness (QED) is 0.209. The summed E-state index contributed by atoms with van der Waals surface area (Å²) in [6.45, 7) is 5.26. The lowest BCUT2D eigenvalue weighted by molar-refractivity contribution is 0.0394. The molecule has 5 aromatic rings. The maximum absolute atomic E-state index is 7.63. The normalized spacial score (nSPS) is 13.8. The second kappa shape index (κ2) is 12.0. The van der Waals surface area contributed by atoms with Gasteiger partial charge >= 0.3 is 0 Å². The first kappa shape index (κ1) is 27.6. The number of hydrogen-bond acceptors (Lipinski definition) is 6.